The van der Waals surface area contributed by atoms with Crippen LogP contribution in [0, 0.1) is 11.3 Å². The summed E-state index contributed by atoms with van der Waals surface area (Å²) in [6.45, 7) is 0.501. The maximum absolute atomic E-state index is 11.8. The third-order valence-corrected chi connectivity index (χ3v) is 4.44. The number of nitrogens with zero attached hydrogens (tertiary/aromatic N) is 4. The maximum atomic E-state index is 11.8. The van der Waals surface area contributed by atoms with Crippen LogP contribution in [0.5, 0.6) is 0 Å². The number of rotatable bonds is 3. The standard InChI is InChI=1S/C19H12ClN5O/c20-13-6-12-5-11(1-2-15(12)24-8-13)9-25-10-14(19(22)26)18-16(7-21)23-4-3-17(18)25/h1-6,8,10H,9H2,(H2,22,26). The van der Waals surface area contributed by atoms with E-state index in [-0.39, 0.29) is 11.3 Å². The molecule has 4 aromatic rings. The summed E-state index contributed by atoms with van der Waals surface area (Å²) in [5.41, 5.74) is 8.55. The number of halogens is 1. The molecule has 0 radical (unpaired) electrons. The van der Waals surface area contributed by atoms with Crippen molar-refractivity contribution in [2.45, 2.75) is 6.54 Å². The second-order valence-electron chi connectivity index (χ2n) is 5.88. The van der Waals surface area contributed by atoms with Crippen molar-refractivity contribution < 1.29 is 4.79 Å². The van der Waals surface area contributed by atoms with Crippen LogP contribution in [-0.2, 0) is 6.54 Å². The number of amides is 1. The number of nitrogens with two attached hydrogens (primary N) is 1. The van der Waals surface area contributed by atoms with Crippen LogP contribution in [0.2, 0.25) is 5.02 Å². The highest BCUT2D eigenvalue weighted by molar-refractivity contribution is 6.31. The third-order valence-electron chi connectivity index (χ3n) is 4.23. The molecule has 0 aliphatic carbocycles. The summed E-state index contributed by atoms with van der Waals surface area (Å²) < 4.78 is 1.89. The van der Waals surface area contributed by atoms with Crippen molar-refractivity contribution in [2.75, 3.05) is 0 Å². The van der Waals surface area contributed by atoms with Gasteiger partial charge in [0.05, 0.1) is 21.6 Å². The fourth-order valence-corrected chi connectivity index (χ4v) is 3.26. The lowest BCUT2D eigenvalue weighted by molar-refractivity contribution is 0.100. The monoisotopic (exact) mass is 361 g/mol. The highest BCUT2D eigenvalue weighted by Gasteiger charge is 2.17. The van der Waals surface area contributed by atoms with Gasteiger partial charge in [0.2, 0.25) is 0 Å². The summed E-state index contributed by atoms with van der Waals surface area (Å²) in [6, 6.07) is 11.5. The number of nitriles is 1. The molecule has 0 atom stereocenters. The fourth-order valence-electron chi connectivity index (χ4n) is 3.10. The van der Waals surface area contributed by atoms with Crippen molar-refractivity contribution in [1.82, 2.24) is 14.5 Å². The molecule has 2 N–H and O–H groups in total. The van der Waals surface area contributed by atoms with Crippen molar-refractivity contribution in [2.24, 2.45) is 5.73 Å². The molecule has 0 aliphatic heterocycles. The van der Waals surface area contributed by atoms with Crippen LogP contribution < -0.4 is 5.73 Å². The second-order valence-corrected chi connectivity index (χ2v) is 6.32. The van der Waals surface area contributed by atoms with Gasteiger partial charge in [0, 0.05) is 35.9 Å². The Kier molecular flexibility index (Phi) is 3.79. The zero-order chi connectivity index (χ0) is 18.3. The van der Waals surface area contributed by atoms with Gasteiger partial charge in [-0.25, -0.2) is 4.98 Å². The van der Waals surface area contributed by atoms with Gasteiger partial charge in [-0.05, 0) is 29.8 Å². The van der Waals surface area contributed by atoms with E-state index in [0.717, 1.165) is 22.0 Å². The molecule has 126 valence electrons. The molecule has 4 rings (SSSR count). The first-order valence-corrected chi connectivity index (χ1v) is 8.16. The molecular weight excluding hydrogens is 350 g/mol. The molecule has 3 heterocycles. The van der Waals surface area contributed by atoms with Crippen LogP contribution in [-0.4, -0.2) is 20.4 Å². The van der Waals surface area contributed by atoms with Crippen LogP contribution in [0.1, 0.15) is 21.6 Å². The van der Waals surface area contributed by atoms with Gasteiger partial charge >= 0.3 is 0 Å². The summed E-state index contributed by atoms with van der Waals surface area (Å²) in [5.74, 6) is -0.590. The SMILES string of the molecule is N#Cc1nccc2c1c(C(N)=O)cn2Cc1ccc2ncc(Cl)cc2c1. The molecular formula is C19H12ClN5O. The summed E-state index contributed by atoms with van der Waals surface area (Å²) in [5, 5.41) is 11.3. The van der Waals surface area contributed by atoms with Crippen LogP contribution in [0.3, 0.4) is 0 Å². The van der Waals surface area contributed by atoms with E-state index in [4.69, 9.17) is 17.3 Å². The molecule has 0 unspecified atom stereocenters. The van der Waals surface area contributed by atoms with Gasteiger partial charge in [-0.2, -0.15) is 5.26 Å². The molecule has 7 heteroatoms. The molecule has 0 bridgehead atoms. The van der Waals surface area contributed by atoms with E-state index in [2.05, 4.69) is 9.97 Å². The molecule has 0 aliphatic rings. The molecule has 1 amide bonds. The molecule has 1 aromatic carbocycles. The average molecular weight is 362 g/mol. The first-order chi connectivity index (χ1) is 12.6. The van der Waals surface area contributed by atoms with E-state index in [1.807, 2.05) is 34.9 Å². The van der Waals surface area contributed by atoms with E-state index in [9.17, 15) is 10.1 Å². The van der Waals surface area contributed by atoms with Crippen LogP contribution in [0.25, 0.3) is 21.8 Å². The minimum atomic E-state index is -0.590. The molecule has 26 heavy (non-hydrogen) atoms. The van der Waals surface area contributed by atoms with Crippen molar-refractivity contribution in [3.05, 3.63) is 70.8 Å². The normalized spacial score (nSPS) is 10.9. The van der Waals surface area contributed by atoms with Gasteiger partial charge in [-0.3, -0.25) is 9.78 Å². The minimum Gasteiger partial charge on any atom is -0.366 e. The number of pyridine rings is 2. The Bertz CT molecular complexity index is 1220. The third kappa shape index (κ3) is 2.65. The second kappa shape index (κ2) is 6.14. The Hall–Kier alpha value is -3.43. The number of hydrogen-bond acceptors (Lipinski definition) is 4. The lowest BCUT2D eigenvalue weighted by Gasteiger charge is -2.07. The number of benzene rings is 1. The van der Waals surface area contributed by atoms with Crippen molar-refractivity contribution in [3.63, 3.8) is 0 Å². The topological polar surface area (TPSA) is 97.6 Å². The molecule has 6 nitrogen and oxygen atoms in total. The van der Waals surface area contributed by atoms with Gasteiger partial charge in [-0.1, -0.05) is 17.7 Å². The van der Waals surface area contributed by atoms with Crippen LogP contribution in [0.4, 0.5) is 0 Å². The van der Waals surface area contributed by atoms with Crippen LogP contribution in [0.15, 0.2) is 48.9 Å². The quantitative estimate of drug-likeness (QED) is 0.605. The molecule has 0 saturated heterocycles. The van der Waals surface area contributed by atoms with Gasteiger partial charge in [0.1, 0.15) is 6.07 Å². The highest BCUT2D eigenvalue weighted by atomic mass is 35.5. The van der Waals surface area contributed by atoms with Gasteiger partial charge in [0.25, 0.3) is 5.91 Å². The number of carbonyl (C=O) groups is 1. The number of carbonyl (C=O) groups excluding carboxylic acids is 1. The Morgan fingerprint density at radius 1 is 1.27 bits per heavy atom. The number of fused-ring (bicyclic) bond motifs is 2. The predicted octanol–water partition coefficient (Wildman–Crippen LogP) is 3.26. The average Bonchev–Trinajstić information content (AvgIpc) is 3.00. The minimum absolute atomic E-state index is 0.185. The van der Waals surface area contributed by atoms with Gasteiger partial charge in [-0.15, -0.1) is 0 Å². The largest absolute Gasteiger partial charge is 0.366 e. The maximum Gasteiger partial charge on any atom is 0.250 e. The fraction of sp³-hybridized carbons (Fsp3) is 0.0526. The zero-order valence-corrected chi connectivity index (χ0v) is 14.2. The first kappa shape index (κ1) is 16.1. The molecule has 0 fully saturated rings. The van der Waals surface area contributed by atoms with E-state index in [1.54, 1.807) is 24.7 Å². The Morgan fingerprint density at radius 3 is 2.88 bits per heavy atom. The molecule has 3 aromatic heterocycles. The lowest BCUT2D eigenvalue weighted by atomic mass is 10.1. The summed E-state index contributed by atoms with van der Waals surface area (Å²) in [6.07, 6.45) is 4.82. The van der Waals surface area contributed by atoms with Crippen molar-refractivity contribution in [3.8, 4) is 6.07 Å². The van der Waals surface area contributed by atoms with E-state index in [0.29, 0.717) is 17.0 Å². The summed E-state index contributed by atoms with van der Waals surface area (Å²) in [7, 11) is 0. The predicted molar refractivity (Wildman–Crippen MR) is 98.8 cm³/mol. The first-order valence-electron chi connectivity index (χ1n) is 7.79. The Morgan fingerprint density at radius 2 is 2.12 bits per heavy atom. The van der Waals surface area contributed by atoms with Crippen molar-refractivity contribution >= 4 is 39.3 Å². The van der Waals surface area contributed by atoms with E-state index in [1.165, 1.54) is 0 Å². The smallest absolute Gasteiger partial charge is 0.250 e. The highest BCUT2D eigenvalue weighted by Crippen LogP contribution is 2.25. The summed E-state index contributed by atoms with van der Waals surface area (Å²) in [4.78, 5) is 20.1. The zero-order valence-electron chi connectivity index (χ0n) is 13.5. The number of primary amides is 1. The molecule has 0 saturated carbocycles. The van der Waals surface area contributed by atoms with Crippen LogP contribution >= 0.6 is 11.6 Å². The number of hydrogen-bond donors (Lipinski definition) is 1. The van der Waals surface area contributed by atoms with Gasteiger partial charge < -0.3 is 10.3 Å². The van der Waals surface area contributed by atoms with Gasteiger partial charge in [0.15, 0.2) is 5.69 Å². The Balaban J connectivity index is 1.85. The van der Waals surface area contributed by atoms with Crippen molar-refractivity contribution in [1.29, 1.82) is 5.26 Å². The number of aromatic nitrogens is 3. The van der Waals surface area contributed by atoms with E-state index >= 15 is 0 Å². The Labute approximate surface area is 153 Å². The van der Waals surface area contributed by atoms with E-state index < -0.39 is 5.91 Å². The lowest BCUT2D eigenvalue weighted by Crippen LogP contribution is -2.10. The summed E-state index contributed by atoms with van der Waals surface area (Å²) >= 11 is 6.02. The molecule has 0 spiro atoms.